The van der Waals surface area contributed by atoms with Crippen molar-refractivity contribution in [2.24, 2.45) is 0 Å². The number of hydrogen-bond acceptors (Lipinski definition) is 2. The Hall–Kier alpha value is -2.10. The summed E-state index contributed by atoms with van der Waals surface area (Å²) in [5.74, 6) is -1.04. The SMILES string of the molecule is C=CCNC(=O)C(=O)Nc1c(C)cccc1C(C)C. The molecular weight excluding hydrogens is 240 g/mol. The summed E-state index contributed by atoms with van der Waals surface area (Å²) in [5, 5.41) is 5.14. The Balaban J connectivity index is 2.90. The Morgan fingerprint density at radius 1 is 1.32 bits per heavy atom. The molecule has 0 saturated carbocycles. The predicted molar refractivity (Wildman–Crippen MR) is 77.1 cm³/mol. The van der Waals surface area contributed by atoms with E-state index in [4.69, 9.17) is 0 Å². The van der Waals surface area contributed by atoms with Crippen LogP contribution in [0.4, 0.5) is 5.69 Å². The fraction of sp³-hybridized carbons (Fsp3) is 0.333. The van der Waals surface area contributed by atoms with E-state index >= 15 is 0 Å². The monoisotopic (exact) mass is 260 g/mol. The minimum absolute atomic E-state index is 0.270. The molecule has 0 aliphatic rings. The average molecular weight is 260 g/mol. The highest BCUT2D eigenvalue weighted by atomic mass is 16.2. The van der Waals surface area contributed by atoms with Crippen LogP contribution in [-0.4, -0.2) is 18.4 Å². The molecule has 4 heteroatoms. The van der Waals surface area contributed by atoms with Gasteiger partial charge in [0.05, 0.1) is 0 Å². The first-order chi connectivity index (χ1) is 8.97. The highest BCUT2D eigenvalue weighted by molar-refractivity contribution is 6.39. The maximum Gasteiger partial charge on any atom is 0.313 e. The van der Waals surface area contributed by atoms with Gasteiger partial charge in [-0.05, 0) is 24.0 Å². The first kappa shape index (κ1) is 15.0. The topological polar surface area (TPSA) is 58.2 Å². The van der Waals surface area contributed by atoms with Crippen LogP contribution in [0.1, 0.15) is 30.9 Å². The molecule has 0 fully saturated rings. The highest BCUT2D eigenvalue weighted by Crippen LogP contribution is 2.27. The van der Waals surface area contributed by atoms with Crippen molar-refractivity contribution in [1.29, 1.82) is 0 Å². The van der Waals surface area contributed by atoms with Crippen LogP contribution in [0, 0.1) is 6.92 Å². The maximum absolute atomic E-state index is 11.8. The zero-order valence-electron chi connectivity index (χ0n) is 11.6. The van der Waals surface area contributed by atoms with Crippen LogP contribution in [-0.2, 0) is 9.59 Å². The summed E-state index contributed by atoms with van der Waals surface area (Å²) in [7, 11) is 0. The summed E-state index contributed by atoms with van der Waals surface area (Å²) in [4.78, 5) is 23.3. The Labute approximate surface area is 113 Å². The second-order valence-corrected chi connectivity index (χ2v) is 4.65. The first-order valence-electron chi connectivity index (χ1n) is 6.27. The van der Waals surface area contributed by atoms with Gasteiger partial charge in [0.1, 0.15) is 0 Å². The molecule has 1 rings (SSSR count). The molecule has 0 bridgehead atoms. The zero-order valence-corrected chi connectivity index (χ0v) is 11.6. The molecule has 19 heavy (non-hydrogen) atoms. The van der Waals surface area contributed by atoms with E-state index < -0.39 is 11.8 Å². The van der Waals surface area contributed by atoms with Gasteiger partial charge in [-0.25, -0.2) is 0 Å². The van der Waals surface area contributed by atoms with E-state index in [9.17, 15) is 9.59 Å². The normalized spacial score (nSPS) is 10.1. The molecule has 0 unspecified atom stereocenters. The van der Waals surface area contributed by atoms with E-state index in [1.54, 1.807) is 0 Å². The molecule has 0 aliphatic heterocycles. The lowest BCUT2D eigenvalue weighted by molar-refractivity contribution is -0.136. The summed E-state index contributed by atoms with van der Waals surface area (Å²) >= 11 is 0. The van der Waals surface area contributed by atoms with E-state index in [0.29, 0.717) is 0 Å². The Morgan fingerprint density at radius 3 is 2.58 bits per heavy atom. The number of carbonyl (C=O) groups excluding carboxylic acids is 2. The van der Waals surface area contributed by atoms with Crippen LogP contribution in [0.2, 0.25) is 0 Å². The smallest absolute Gasteiger partial charge is 0.313 e. The second kappa shape index (κ2) is 6.73. The lowest BCUT2D eigenvalue weighted by atomic mass is 9.98. The summed E-state index contributed by atoms with van der Waals surface area (Å²) in [6, 6.07) is 5.80. The Morgan fingerprint density at radius 2 is 2.00 bits per heavy atom. The predicted octanol–water partition coefficient (Wildman–Crippen LogP) is 2.36. The number of para-hydroxylation sites is 1. The molecule has 0 atom stereocenters. The van der Waals surface area contributed by atoms with Crippen molar-refractivity contribution in [3.05, 3.63) is 42.0 Å². The van der Waals surface area contributed by atoms with Gasteiger partial charge in [0.15, 0.2) is 0 Å². The zero-order chi connectivity index (χ0) is 14.4. The molecule has 1 aromatic rings. The maximum atomic E-state index is 11.8. The van der Waals surface area contributed by atoms with Crippen LogP contribution >= 0.6 is 0 Å². The van der Waals surface area contributed by atoms with Crippen LogP contribution < -0.4 is 10.6 Å². The van der Waals surface area contributed by atoms with Crippen molar-refractivity contribution < 1.29 is 9.59 Å². The average Bonchev–Trinajstić information content (AvgIpc) is 2.37. The van der Waals surface area contributed by atoms with Crippen molar-refractivity contribution in [2.45, 2.75) is 26.7 Å². The molecule has 0 heterocycles. The van der Waals surface area contributed by atoms with Gasteiger partial charge in [0.25, 0.3) is 0 Å². The van der Waals surface area contributed by atoms with Gasteiger partial charge >= 0.3 is 11.8 Å². The fourth-order valence-electron chi connectivity index (χ4n) is 1.76. The third-order valence-corrected chi connectivity index (χ3v) is 2.78. The first-order valence-corrected chi connectivity index (χ1v) is 6.27. The molecule has 0 saturated heterocycles. The standard InChI is InChI=1S/C15H20N2O2/c1-5-9-16-14(18)15(19)17-13-11(4)7-6-8-12(13)10(2)3/h5-8,10H,1,9H2,2-4H3,(H,16,18)(H,17,19). The van der Waals surface area contributed by atoms with Crippen LogP contribution in [0.15, 0.2) is 30.9 Å². The third-order valence-electron chi connectivity index (χ3n) is 2.78. The summed E-state index contributed by atoms with van der Waals surface area (Å²) in [6.45, 7) is 9.75. The van der Waals surface area contributed by atoms with Crippen molar-refractivity contribution in [3.8, 4) is 0 Å². The van der Waals surface area contributed by atoms with Gasteiger partial charge in [-0.2, -0.15) is 0 Å². The van der Waals surface area contributed by atoms with E-state index in [1.165, 1.54) is 6.08 Å². The lowest BCUT2D eigenvalue weighted by Crippen LogP contribution is -2.35. The van der Waals surface area contributed by atoms with Gasteiger partial charge < -0.3 is 10.6 Å². The minimum Gasteiger partial charge on any atom is -0.344 e. The number of hydrogen-bond donors (Lipinski definition) is 2. The van der Waals surface area contributed by atoms with E-state index in [-0.39, 0.29) is 12.5 Å². The number of amides is 2. The Kier molecular flexibility index (Phi) is 5.30. The highest BCUT2D eigenvalue weighted by Gasteiger charge is 2.16. The van der Waals surface area contributed by atoms with Gasteiger partial charge in [-0.3, -0.25) is 9.59 Å². The van der Waals surface area contributed by atoms with Gasteiger partial charge in [0.2, 0.25) is 0 Å². The Bertz CT molecular complexity index is 493. The molecule has 2 N–H and O–H groups in total. The molecular formula is C15H20N2O2. The van der Waals surface area contributed by atoms with Gasteiger partial charge in [-0.1, -0.05) is 38.1 Å². The summed E-state index contributed by atoms with van der Waals surface area (Å²) in [5.41, 5.74) is 2.68. The van der Waals surface area contributed by atoms with Crippen molar-refractivity contribution >= 4 is 17.5 Å². The van der Waals surface area contributed by atoms with Gasteiger partial charge in [0, 0.05) is 12.2 Å². The fourth-order valence-corrected chi connectivity index (χ4v) is 1.76. The summed E-state index contributed by atoms with van der Waals surface area (Å²) in [6.07, 6.45) is 1.53. The molecule has 0 aromatic heterocycles. The van der Waals surface area contributed by atoms with Crippen LogP contribution in [0.5, 0.6) is 0 Å². The molecule has 2 amide bonds. The quantitative estimate of drug-likeness (QED) is 0.645. The van der Waals surface area contributed by atoms with E-state index in [1.807, 2.05) is 39.0 Å². The number of anilines is 1. The van der Waals surface area contributed by atoms with Crippen LogP contribution in [0.3, 0.4) is 0 Å². The third kappa shape index (κ3) is 3.95. The number of aryl methyl sites for hydroxylation is 1. The number of benzene rings is 1. The summed E-state index contributed by atoms with van der Waals surface area (Å²) < 4.78 is 0. The molecule has 1 aromatic carbocycles. The van der Waals surface area contributed by atoms with Crippen molar-refractivity contribution in [1.82, 2.24) is 5.32 Å². The molecule has 0 radical (unpaired) electrons. The van der Waals surface area contributed by atoms with Crippen molar-refractivity contribution in [3.63, 3.8) is 0 Å². The largest absolute Gasteiger partial charge is 0.344 e. The molecule has 0 aliphatic carbocycles. The number of nitrogens with one attached hydrogen (secondary N) is 2. The molecule has 4 nitrogen and oxygen atoms in total. The second-order valence-electron chi connectivity index (χ2n) is 4.65. The van der Waals surface area contributed by atoms with E-state index in [2.05, 4.69) is 17.2 Å². The van der Waals surface area contributed by atoms with Gasteiger partial charge in [-0.15, -0.1) is 6.58 Å². The van der Waals surface area contributed by atoms with E-state index in [0.717, 1.165) is 16.8 Å². The lowest BCUT2D eigenvalue weighted by Gasteiger charge is -2.16. The minimum atomic E-state index is -0.655. The number of rotatable bonds is 4. The van der Waals surface area contributed by atoms with Crippen molar-refractivity contribution in [2.75, 3.05) is 11.9 Å². The number of carbonyl (C=O) groups is 2. The molecule has 102 valence electrons. The van der Waals surface area contributed by atoms with Crippen LogP contribution in [0.25, 0.3) is 0 Å². The molecule has 0 spiro atoms.